The Hall–Kier alpha value is -3.20. The van der Waals surface area contributed by atoms with Gasteiger partial charge in [-0.15, -0.1) is 0 Å². The third kappa shape index (κ3) is 4.52. The molecule has 0 amide bonds. The van der Waals surface area contributed by atoms with Crippen molar-refractivity contribution in [1.29, 1.82) is 0 Å². The Kier molecular flexibility index (Phi) is 5.89. The van der Waals surface area contributed by atoms with Gasteiger partial charge in [0.25, 0.3) is 5.76 Å². The number of hydrogen-bond donors (Lipinski definition) is 2. The highest BCUT2D eigenvalue weighted by atomic mass is 32.2. The molecule has 2 aromatic carbocycles. The molecule has 2 N–H and O–H groups in total. The maximum Gasteiger partial charge on any atom is 0.288 e. The second-order valence-corrected chi connectivity index (χ2v) is 8.74. The van der Waals surface area contributed by atoms with Crippen LogP contribution < -0.4 is 10.6 Å². The molecule has 2 heterocycles. The highest BCUT2D eigenvalue weighted by Gasteiger charge is 2.19. The molecule has 164 valence electrons. The van der Waals surface area contributed by atoms with Crippen LogP contribution in [0.15, 0.2) is 65.7 Å². The summed E-state index contributed by atoms with van der Waals surface area (Å²) in [5, 5.41) is 12.1. The fraction of sp³-hybridized carbons (Fsp3) is 0.261. The van der Waals surface area contributed by atoms with Gasteiger partial charge in [0, 0.05) is 16.6 Å². The summed E-state index contributed by atoms with van der Waals surface area (Å²) < 4.78 is 27.0. The van der Waals surface area contributed by atoms with Crippen molar-refractivity contribution in [3.05, 3.63) is 60.8 Å². The maximum absolute atomic E-state index is 12.6. The van der Waals surface area contributed by atoms with Gasteiger partial charge in [-0.1, -0.05) is 42.8 Å². The van der Waals surface area contributed by atoms with Crippen molar-refractivity contribution in [2.75, 3.05) is 10.6 Å². The maximum atomic E-state index is 12.6. The van der Waals surface area contributed by atoms with E-state index in [1.165, 1.54) is 12.8 Å². The van der Waals surface area contributed by atoms with Crippen molar-refractivity contribution in [3.8, 4) is 5.69 Å². The first-order valence-corrected chi connectivity index (χ1v) is 11.4. The Labute approximate surface area is 188 Å². The lowest BCUT2D eigenvalue weighted by Crippen LogP contribution is -2.17. The molecule has 5 rings (SSSR count). The van der Waals surface area contributed by atoms with Gasteiger partial charge in [-0.25, -0.2) is 4.68 Å². The molecular weight excluding hydrogens is 430 g/mol. The van der Waals surface area contributed by atoms with Crippen LogP contribution in [0.2, 0.25) is 0 Å². The molecule has 0 aliphatic heterocycles. The number of aromatic nitrogens is 4. The Bertz CT molecular complexity index is 1190. The number of rotatable bonds is 7. The van der Waals surface area contributed by atoms with Crippen molar-refractivity contribution in [2.24, 2.45) is 0 Å². The van der Waals surface area contributed by atoms with Gasteiger partial charge in [0.05, 0.1) is 17.3 Å². The number of halogens is 2. The summed E-state index contributed by atoms with van der Waals surface area (Å²) in [6.07, 6.45) is 6.35. The van der Waals surface area contributed by atoms with Crippen LogP contribution in [0, 0.1) is 0 Å². The number of thioether (sulfide) groups is 1. The minimum atomic E-state index is -2.44. The molecule has 0 bridgehead atoms. The van der Waals surface area contributed by atoms with Gasteiger partial charge in [0.1, 0.15) is 5.82 Å². The Morgan fingerprint density at radius 1 is 0.969 bits per heavy atom. The third-order valence-corrected chi connectivity index (χ3v) is 6.18. The van der Waals surface area contributed by atoms with Crippen molar-refractivity contribution < 1.29 is 8.78 Å². The number of fused-ring (bicyclic) bond motifs is 1. The van der Waals surface area contributed by atoms with Crippen molar-refractivity contribution in [2.45, 2.75) is 42.4 Å². The van der Waals surface area contributed by atoms with E-state index in [2.05, 4.69) is 15.7 Å². The molecule has 1 aliphatic rings. The average molecular weight is 453 g/mol. The molecule has 4 aromatic rings. The van der Waals surface area contributed by atoms with Crippen molar-refractivity contribution in [1.82, 2.24) is 19.7 Å². The van der Waals surface area contributed by atoms with Crippen LogP contribution in [0.25, 0.3) is 16.7 Å². The fourth-order valence-electron chi connectivity index (χ4n) is 3.94. The van der Waals surface area contributed by atoms with E-state index in [1.807, 2.05) is 30.3 Å². The molecule has 0 saturated heterocycles. The van der Waals surface area contributed by atoms with E-state index in [0.29, 0.717) is 40.1 Å². The summed E-state index contributed by atoms with van der Waals surface area (Å²) in [4.78, 5) is 10.0. The zero-order valence-corrected chi connectivity index (χ0v) is 18.0. The quantitative estimate of drug-likeness (QED) is 0.324. The van der Waals surface area contributed by atoms with Gasteiger partial charge in [-0.3, -0.25) is 0 Å². The lowest BCUT2D eigenvalue weighted by Gasteiger charge is -2.14. The monoisotopic (exact) mass is 452 g/mol. The lowest BCUT2D eigenvalue weighted by atomic mass is 10.2. The molecular formula is C23H22F2N6S. The van der Waals surface area contributed by atoms with Gasteiger partial charge in [-0.2, -0.15) is 23.8 Å². The van der Waals surface area contributed by atoms with E-state index in [9.17, 15) is 8.78 Å². The van der Waals surface area contributed by atoms with E-state index in [1.54, 1.807) is 35.1 Å². The van der Waals surface area contributed by atoms with E-state index < -0.39 is 5.76 Å². The summed E-state index contributed by atoms with van der Waals surface area (Å²) in [7, 11) is 0. The number of anilines is 3. The van der Waals surface area contributed by atoms with Crippen molar-refractivity contribution in [3.63, 3.8) is 0 Å². The molecule has 2 aromatic heterocycles. The Morgan fingerprint density at radius 2 is 1.72 bits per heavy atom. The summed E-state index contributed by atoms with van der Waals surface area (Å²) in [6.45, 7) is 0. The molecule has 1 fully saturated rings. The van der Waals surface area contributed by atoms with Gasteiger partial charge >= 0.3 is 0 Å². The first kappa shape index (κ1) is 20.7. The Morgan fingerprint density at radius 3 is 2.44 bits per heavy atom. The first-order chi connectivity index (χ1) is 15.7. The van der Waals surface area contributed by atoms with Gasteiger partial charge in [0.15, 0.2) is 5.65 Å². The van der Waals surface area contributed by atoms with Crippen LogP contribution in [0.3, 0.4) is 0 Å². The van der Waals surface area contributed by atoms with Crippen LogP contribution in [-0.2, 0) is 0 Å². The van der Waals surface area contributed by atoms with Gasteiger partial charge in [-0.05, 0) is 49.2 Å². The number of hydrogen-bond acceptors (Lipinski definition) is 6. The molecule has 32 heavy (non-hydrogen) atoms. The van der Waals surface area contributed by atoms with E-state index in [-0.39, 0.29) is 0 Å². The summed E-state index contributed by atoms with van der Waals surface area (Å²) in [5.74, 6) is -1.27. The fourth-order valence-corrected chi connectivity index (χ4v) is 4.43. The SMILES string of the molecule is FC(F)Sc1ccc(Nc2nc(NC3CCCC3)nc3c2cnn3-c2ccccc2)cc1. The normalized spacial score (nSPS) is 14.3. The van der Waals surface area contributed by atoms with Crippen LogP contribution >= 0.6 is 11.8 Å². The van der Waals surface area contributed by atoms with E-state index in [0.717, 1.165) is 29.6 Å². The first-order valence-electron chi connectivity index (χ1n) is 10.6. The zero-order chi connectivity index (χ0) is 21.9. The molecule has 0 spiro atoms. The number of para-hydroxylation sites is 1. The molecule has 0 atom stereocenters. The van der Waals surface area contributed by atoms with E-state index in [4.69, 9.17) is 9.97 Å². The van der Waals surface area contributed by atoms with Gasteiger partial charge in [0.2, 0.25) is 5.95 Å². The van der Waals surface area contributed by atoms with Crippen LogP contribution in [0.5, 0.6) is 0 Å². The highest BCUT2D eigenvalue weighted by Crippen LogP contribution is 2.30. The molecule has 9 heteroatoms. The molecule has 0 unspecified atom stereocenters. The van der Waals surface area contributed by atoms with Crippen LogP contribution in [-0.4, -0.2) is 31.5 Å². The average Bonchev–Trinajstić information content (AvgIpc) is 3.45. The molecule has 6 nitrogen and oxygen atoms in total. The lowest BCUT2D eigenvalue weighted by molar-refractivity contribution is 0.252. The summed E-state index contributed by atoms with van der Waals surface area (Å²) >= 11 is 0.527. The second kappa shape index (κ2) is 9.12. The largest absolute Gasteiger partial charge is 0.351 e. The Balaban J connectivity index is 1.52. The minimum Gasteiger partial charge on any atom is -0.351 e. The standard InChI is InChI=1S/C23H22F2N6S/c24-22(25)32-18-12-10-16(11-13-18)27-20-19-14-26-31(17-8-2-1-3-9-17)21(19)30-23(29-20)28-15-6-4-5-7-15/h1-3,8-15,22H,4-7H2,(H2,27,28,29,30). The third-order valence-electron chi connectivity index (χ3n) is 5.46. The molecule has 0 radical (unpaired) electrons. The van der Waals surface area contributed by atoms with Crippen molar-refractivity contribution >= 4 is 40.2 Å². The number of benzene rings is 2. The molecule has 1 saturated carbocycles. The smallest absolute Gasteiger partial charge is 0.288 e. The van der Waals surface area contributed by atoms with E-state index >= 15 is 0 Å². The zero-order valence-electron chi connectivity index (χ0n) is 17.2. The highest BCUT2D eigenvalue weighted by molar-refractivity contribution is 7.99. The second-order valence-electron chi connectivity index (χ2n) is 7.68. The summed E-state index contributed by atoms with van der Waals surface area (Å²) in [6, 6.07) is 17.1. The van der Waals surface area contributed by atoms with Crippen LogP contribution in [0.1, 0.15) is 25.7 Å². The van der Waals surface area contributed by atoms with Crippen LogP contribution in [0.4, 0.5) is 26.2 Å². The van der Waals surface area contributed by atoms with Gasteiger partial charge < -0.3 is 10.6 Å². The number of alkyl halides is 2. The topological polar surface area (TPSA) is 67.7 Å². The summed E-state index contributed by atoms with van der Waals surface area (Å²) in [5.41, 5.74) is 2.36. The predicted octanol–water partition coefficient (Wildman–Crippen LogP) is 6.23. The minimum absolute atomic E-state index is 0.360. The number of nitrogens with one attached hydrogen (secondary N) is 2. The number of nitrogens with zero attached hydrogens (tertiary/aromatic N) is 4. The molecule has 1 aliphatic carbocycles. The predicted molar refractivity (Wildman–Crippen MR) is 124 cm³/mol.